The zero-order valence-electron chi connectivity index (χ0n) is 24.8. The number of carbonyl (C=O) groups is 4. The molecule has 1 unspecified atom stereocenters. The Kier molecular flexibility index (Phi) is 9.35. The minimum Gasteiger partial charge on any atom is -0.459 e. The second kappa shape index (κ2) is 12.8. The lowest BCUT2D eigenvalue weighted by atomic mass is 9.80. The highest BCUT2D eigenvalue weighted by Gasteiger charge is 2.73. The molecule has 1 amide bonds. The van der Waals surface area contributed by atoms with E-state index in [1.807, 2.05) is 0 Å². The van der Waals surface area contributed by atoms with Crippen LogP contribution in [0.5, 0.6) is 0 Å². The van der Waals surface area contributed by atoms with Crippen LogP contribution in [0, 0.1) is 0 Å². The third-order valence-corrected chi connectivity index (χ3v) is 7.18. The maximum atomic E-state index is 14.2. The summed E-state index contributed by atoms with van der Waals surface area (Å²) in [6, 6.07) is 24.9. The molecule has 0 spiro atoms. The fourth-order valence-electron chi connectivity index (χ4n) is 5.22. The lowest BCUT2D eigenvalue weighted by Gasteiger charge is -2.43. The number of hydrogen-bond donors (Lipinski definition) is 1. The number of carbonyl (C=O) groups excluding carboxylic acids is 4. The average Bonchev–Trinajstić information content (AvgIpc) is 3.18. The summed E-state index contributed by atoms with van der Waals surface area (Å²) in [5.74, 6) is -4.08. The number of ether oxygens (including phenoxy) is 3. The van der Waals surface area contributed by atoms with E-state index in [0.717, 1.165) is 4.90 Å². The van der Waals surface area contributed by atoms with Gasteiger partial charge in [0.15, 0.2) is 0 Å². The van der Waals surface area contributed by atoms with Crippen molar-refractivity contribution in [3.63, 3.8) is 0 Å². The van der Waals surface area contributed by atoms with Crippen molar-refractivity contribution in [2.24, 2.45) is 0 Å². The van der Waals surface area contributed by atoms with Gasteiger partial charge in [0.25, 0.3) is 5.54 Å². The Bertz CT molecular complexity index is 1380. The maximum absolute atomic E-state index is 14.2. The number of nitrogens with zero attached hydrogens (tertiary/aromatic N) is 1. The number of hydrogen-bond acceptors (Lipinski definition) is 8. The molecule has 2 atom stereocenters. The molecule has 0 saturated carbocycles. The van der Waals surface area contributed by atoms with Crippen LogP contribution in [0.25, 0.3) is 0 Å². The summed E-state index contributed by atoms with van der Waals surface area (Å²) < 4.78 is 17.0. The van der Waals surface area contributed by atoms with Crippen molar-refractivity contribution in [1.29, 1.82) is 0 Å². The summed E-state index contributed by atoms with van der Waals surface area (Å²) in [5, 5.41) is 11.8. The Balaban J connectivity index is 1.83. The Morgan fingerprint density at radius 2 is 1.21 bits per heavy atom. The van der Waals surface area contributed by atoms with Gasteiger partial charge >= 0.3 is 17.9 Å². The average molecular weight is 588 g/mol. The number of amides is 1. The minimum absolute atomic E-state index is 0.0999. The molecule has 9 heteroatoms. The van der Waals surface area contributed by atoms with E-state index < -0.39 is 53.0 Å². The van der Waals surface area contributed by atoms with Crippen molar-refractivity contribution in [3.8, 4) is 0 Å². The molecule has 0 aliphatic carbocycles. The first-order chi connectivity index (χ1) is 20.3. The molecule has 226 valence electrons. The molecule has 9 nitrogen and oxygen atoms in total. The van der Waals surface area contributed by atoms with E-state index in [1.54, 1.807) is 112 Å². The van der Waals surface area contributed by atoms with Gasteiger partial charge in [-0.25, -0.2) is 14.4 Å². The van der Waals surface area contributed by atoms with Gasteiger partial charge < -0.3 is 24.2 Å². The van der Waals surface area contributed by atoms with Gasteiger partial charge in [0, 0.05) is 6.42 Å². The highest BCUT2D eigenvalue weighted by molar-refractivity contribution is 6.13. The standard InChI is InChI=1S/C34H37NO8/c1-32(2,3)43-29(37)27(20-24-14-8-5-9-15-24)35-28(36)21-33(4,40)34(35,30(38)41-22-25-16-10-6-11-17-25)31(39)42-23-26-18-12-7-13-19-26/h5-19,27,40H,20-23H2,1-4H3/t27-,33?/m1/s1. The molecular weight excluding hydrogens is 550 g/mol. The number of aliphatic hydroxyl groups is 1. The molecule has 3 aromatic rings. The molecule has 43 heavy (non-hydrogen) atoms. The largest absolute Gasteiger partial charge is 0.459 e. The molecule has 0 bridgehead atoms. The molecule has 1 N–H and O–H groups in total. The van der Waals surface area contributed by atoms with Gasteiger partial charge in [-0.05, 0) is 44.4 Å². The van der Waals surface area contributed by atoms with E-state index >= 15 is 0 Å². The second-order valence-corrected chi connectivity index (χ2v) is 11.8. The molecule has 0 aromatic heterocycles. The van der Waals surface area contributed by atoms with E-state index in [4.69, 9.17) is 14.2 Å². The highest BCUT2D eigenvalue weighted by atomic mass is 16.6. The SMILES string of the molecule is CC(C)(C)OC(=O)[C@@H](Cc1ccccc1)N1C(=O)CC(C)(O)C1(C(=O)OCc1ccccc1)C(=O)OCc1ccccc1. The van der Waals surface area contributed by atoms with Crippen molar-refractivity contribution < 1.29 is 38.5 Å². The van der Waals surface area contributed by atoms with E-state index in [0.29, 0.717) is 16.7 Å². The molecular formula is C34H37NO8. The van der Waals surface area contributed by atoms with Crippen LogP contribution >= 0.6 is 0 Å². The first-order valence-electron chi connectivity index (χ1n) is 14.1. The normalized spacial score (nSPS) is 18.5. The maximum Gasteiger partial charge on any atom is 0.347 e. The molecule has 0 radical (unpaired) electrons. The predicted octanol–water partition coefficient (Wildman–Crippen LogP) is 4.15. The Hall–Kier alpha value is -4.50. The van der Waals surface area contributed by atoms with Crippen LogP contribution in [0.1, 0.15) is 50.8 Å². The van der Waals surface area contributed by atoms with E-state index in [1.165, 1.54) is 6.92 Å². The van der Waals surface area contributed by atoms with Crippen molar-refractivity contribution in [3.05, 3.63) is 108 Å². The molecule has 1 aliphatic heterocycles. The van der Waals surface area contributed by atoms with Gasteiger partial charge in [0.2, 0.25) is 5.91 Å². The zero-order chi connectivity index (χ0) is 31.3. The molecule has 1 fully saturated rings. The molecule has 1 heterocycles. The third kappa shape index (κ3) is 6.94. The predicted molar refractivity (Wildman–Crippen MR) is 157 cm³/mol. The van der Waals surface area contributed by atoms with E-state index in [2.05, 4.69) is 0 Å². The summed E-state index contributed by atoms with van der Waals surface area (Å²) >= 11 is 0. The molecule has 4 rings (SSSR count). The fourth-order valence-corrected chi connectivity index (χ4v) is 5.22. The van der Waals surface area contributed by atoms with E-state index in [-0.39, 0.29) is 19.6 Å². The second-order valence-electron chi connectivity index (χ2n) is 11.8. The third-order valence-electron chi connectivity index (χ3n) is 7.18. The highest BCUT2D eigenvalue weighted by Crippen LogP contribution is 2.44. The Morgan fingerprint density at radius 3 is 1.63 bits per heavy atom. The number of esters is 3. The molecule has 1 saturated heterocycles. The van der Waals surface area contributed by atoms with Crippen LogP contribution in [-0.2, 0) is 53.0 Å². The summed E-state index contributed by atoms with van der Waals surface area (Å²) in [7, 11) is 0. The Morgan fingerprint density at radius 1 is 0.791 bits per heavy atom. The van der Waals surface area contributed by atoms with Gasteiger partial charge in [-0.2, -0.15) is 0 Å². The number of rotatable bonds is 10. The smallest absolute Gasteiger partial charge is 0.347 e. The first-order valence-corrected chi connectivity index (χ1v) is 14.1. The lowest BCUT2D eigenvalue weighted by Crippen LogP contribution is -2.71. The van der Waals surface area contributed by atoms with Gasteiger partial charge in [0.05, 0.1) is 6.42 Å². The van der Waals surface area contributed by atoms with Gasteiger partial charge in [-0.1, -0.05) is 91.0 Å². The monoisotopic (exact) mass is 587 g/mol. The van der Waals surface area contributed by atoms with Crippen LogP contribution in [0.2, 0.25) is 0 Å². The topological polar surface area (TPSA) is 119 Å². The lowest BCUT2D eigenvalue weighted by molar-refractivity contribution is -0.195. The zero-order valence-corrected chi connectivity index (χ0v) is 24.8. The summed E-state index contributed by atoms with van der Waals surface area (Å²) in [4.78, 5) is 56.8. The number of benzene rings is 3. The van der Waals surface area contributed by atoms with Gasteiger partial charge in [-0.15, -0.1) is 0 Å². The molecule has 1 aliphatic rings. The van der Waals surface area contributed by atoms with Gasteiger partial charge in [0.1, 0.15) is 30.5 Å². The summed E-state index contributed by atoms with van der Waals surface area (Å²) in [6.45, 7) is 5.71. The summed E-state index contributed by atoms with van der Waals surface area (Å²) in [5.41, 5.74) is -4.10. The summed E-state index contributed by atoms with van der Waals surface area (Å²) in [6.07, 6.45) is -0.737. The number of likely N-dealkylation sites (tertiary alicyclic amines) is 1. The van der Waals surface area contributed by atoms with Crippen LogP contribution in [0.15, 0.2) is 91.0 Å². The van der Waals surface area contributed by atoms with Crippen LogP contribution < -0.4 is 0 Å². The van der Waals surface area contributed by atoms with Crippen molar-refractivity contribution >= 4 is 23.8 Å². The quantitative estimate of drug-likeness (QED) is 0.214. The van der Waals surface area contributed by atoms with Crippen molar-refractivity contribution in [2.45, 2.75) is 76.5 Å². The van der Waals surface area contributed by atoms with Crippen LogP contribution in [0.4, 0.5) is 0 Å². The van der Waals surface area contributed by atoms with E-state index in [9.17, 15) is 24.3 Å². The first kappa shape index (κ1) is 31.4. The van der Waals surface area contributed by atoms with Crippen molar-refractivity contribution in [2.75, 3.05) is 0 Å². The molecule has 3 aromatic carbocycles. The van der Waals surface area contributed by atoms with Gasteiger partial charge in [-0.3, -0.25) is 4.79 Å². The van der Waals surface area contributed by atoms with Crippen LogP contribution in [-0.4, -0.2) is 56.6 Å². The fraction of sp³-hybridized carbons (Fsp3) is 0.353. The minimum atomic E-state index is -2.72. The van der Waals surface area contributed by atoms with Crippen molar-refractivity contribution in [1.82, 2.24) is 4.90 Å². The van der Waals surface area contributed by atoms with Crippen LogP contribution in [0.3, 0.4) is 0 Å². The Labute approximate surface area is 251 Å².